The SMILES string of the molecule is Cc1ccc(C2/C(=C(/O)c3ccccc3)C(=O)C(=O)N2CCCN(C)C)o1. The molecule has 1 saturated heterocycles. The first kappa shape index (κ1) is 18.9. The Morgan fingerprint density at radius 3 is 2.44 bits per heavy atom. The van der Waals surface area contributed by atoms with Crippen LogP contribution in [-0.2, 0) is 9.59 Å². The van der Waals surface area contributed by atoms with Gasteiger partial charge in [0.2, 0.25) is 0 Å². The topological polar surface area (TPSA) is 74.0 Å². The van der Waals surface area contributed by atoms with Crippen molar-refractivity contribution in [3.8, 4) is 0 Å². The van der Waals surface area contributed by atoms with Crippen LogP contribution in [0.4, 0.5) is 0 Å². The van der Waals surface area contributed by atoms with Crippen LogP contribution in [0.1, 0.15) is 29.5 Å². The highest BCUT2D eigenvalue weighted by Crippen LogP contribution is 2.39. The van der Waals surface area contributed by atoms with E-state index in [0.717, 1.165) is 6.54 Å². The quantitative estimate of drug-likeness (QED) is 0.482. The van der Waals surface area contributed by atoms with Gasteiger partial charge in [0, 0.05) is 12.1 Å². The van der Waals surface area contributed by atoms with Crippen molar-refractivity contribution >= 4 is 17.4 Å². The number of Topliss-reactive ketones (excluding diaryl/α,β-unsaturated/α-hetero) is 1. The fourth-order valence-corrected chi connectivity index (χ4v) is 3.32. The van der Waals surface area contributed by atoms with Gasteiger partial charge in [0.25, 0.3) is 11.7 Å². The average Bonchev–Trinajstić information content (AvgIpc) is 3.18. The lowest BCUT2D eigenvalue weighted by Crippen LogP contribution is -2.32. The Morgan fingerprint density at radius 2 is 1.85 bits per heavy atom. The van der Waals surface area contributed by atoms with E-state index in [-0.39, 0.29) is 11.3 Å². The number of aliphatic hydroxyl groups is 1. The second-order valence-corrected chi connectivity index (χ2v) is 6.96. The van der Waals surface area contributed by atoms with Crippen molar-refractivity contribution < 1.29 is 19.1 Å². The summed E-state index contributed by atoms with van der Waals surface area (Å²) in [7, 11) is 3.91. The molecule has 0 aliphatic carbocycles. The molecule has 0 saturated carbocycles. The summed E-state index contributed by atoms with van der Waals surface area (Å²) < 4.78 is 5.74. The van der Waals surface area contributed by atoms with Crippen LogP contribution in [0.5, 0.6) is 0 Å². The zero-order valence-electron chi connectivity index (χ0n) is 15.8. The third-order valence-corrected chi connectivity index (χ3v) is 4.62. The molecule has 1 aliphatic rings. The molecule has 27 heavy (non-hydrogen) atoms. The minimum atomic E-state index is -0.721. The largest absolute Gasteiger partial charge is 0.507 e. The van der Waals surface area contributed by atoms with Crippen LogP contribution >= 0.6 is 0 Å². The zero-order chi connectivity index (χ0) is 19.6. The maximum absolute atomic E-state index is 12.8. The second-order valence-electron chi connectivity index (χ2n) is 6.96. The molecule has 1 amide bonds. The Kier molecular flexibility index (Phi) is 5.46. The average molecular weight is 368 g/mol. The van der Waals surface area contributed by atoms with Gasteiger partial charge in [-0.15, -0.1) is 0 Å². The van der Waals surface area contributed by atoms with Crippen molar-refractivity contribution in [1.82, 2.24) is 9.80 Å². The molecule has 0 spiro atoms. The maximum Gasteiger partial charge on any atom is 0.295 e. The number of amides is 1. The molecule has 6 heteroatoms. The highest BCUT2D eigenvalue weighted by molar-refractivity contribution is 6.46. The van der Waals surface area contributed by atoms with Crippen LogP contribution in [0.25, 0.3) is 5.76 Å². The number of hydrogen-bond donors (Lipinski definition) is 1. The van der Waals surface area contributed by atoms with Crippen LogP contribution in [0, 0.1) is 6.92 Å². The van der Waals surface area contributed by atoms with Gasteiger partial charge in [0.15, 0.2) is 0 Å². The molecular formula is C21H24N2O4. The van der Waals surface area contributed by atoms with Crippen LogP contribution in [0.15, 0.2) is 52.5 Å². The van der Waals surface area contributed by atoms with Crippen molar-refractivity contribution in [2.24, 2.45) is 0 Å². The van der Waals surface area contributed by atoms with Gasteiger partial charge in [-0.1, -0.05) is 30.3 Å². The summed E-state index contributed by atoms with van der Waals surface area (Å²) in [5.41, 5.74) is 0.572. The highest BCUT2D eigenvalue weighted by atomic mass is 16.3. The van der Waals surface area contributed by atoms with E-state index in [4.69, 9.17) is 4.42 Å². The molecule has 1 aromatic carbocycles. The molecule has 1 aromatic heterocycles. The van der Waals surface area contributed by atoms with E-state index in [0.29, 0.717) is 30.0 Å². The van der Waals surface area contributed by atoms with Gasteiger partial charge in [-0.25, -0.2) is 0 Å². The monoisotopic (exact) mass is 368 g/mol. The number of carbonyl (C=O) groups excluding carboxylic acids is 2. The van der Waals surface area contributed by atoms with E-state index < -0.39 is 17.7 Å². The van der Waals surface area contributed by atoms with Crippen molar-refractivity contribution in [2.45, 2.75) is 19.4 Å². The predicted octanol–water partition coefficient (Wildman–Crippen LogP) is 2.96. The zero-order valence-corrected chi connectivity index (χ0v) is 15.8. The number of ketones is 1. The van der Waals surface area contributed by atoms with Crippen molar-refractivity contribution in [3.05, 3.63) is 65.1 Å². The molecule has 1 fully saturated rings. The molecule has 2 heterocycles. The number of nitrogens with zero attached hydrogens (tertiary/aromatic N) is 2. The fourth-order valence-electron chi connectivity index (χ4n) is 3.32. The molecule has 1 atom stereocenters. The van der Waals surface area contributed by atoms with Gasteiger partial charge in [0.1, 0.15) is 23.3 Å². The summed E-state index contributed by atoms with van der Waals surface area (Å²) >= 11 is 0. The fraction of sp³-hybridized carbons (Fsp3) is 0.333. The molecule has 1 N–H and O–H groups in total. The first-order valence-electron chi connectivity index (χ1n) is 8.95. The number of aliphatic hydroxyl groups excluding tert-OH is 1. The summed E-state index contributed by atoms with van der Waals surface area (Å²) in [6.07, 6.45) is 0.710. The third kappa shape index (κ3) is 3.80. The summed E-state index contributed by atoms with van der Waals surface area (Å²) in [6.45, 7) is 2.99. The lowest BCUT2D eigenvalue weighted by Gasteiger charge is -2.24. The van der Waals surface area contributed by atoms with E-state index in [2.05, 4.69) is 0 Å². The summed E-state index contributed by atoms with van der Waals surface area (Å²) in [6, 6.07) is 11.6. The number of rotatable bonds is 6. The van der Waals surface area contributed by atoms with Crippen LogP contribution < -0.4 is 0 Å². The smallest absolute Gasteiger partial charge is 0.295 e. The third-order valence-electron chi connectivity index (χ3n) is 4.62. The number of benzene rings is 1. The Bertz CT molecular complexity index is 867. The normalized spacial score (nSPS) is 19.3. The minimum absolute atomic E-state index is 0.0744. The van der Waals surface area contributed by atoms with Gasteiger partial charge < -0.3 is 19.3 Å². The van der Waals surface area contributed by atoms with Crippen molar-refractivity contribution in [3.63, 3.8) is 0 Å². The Hall–Kier alpha value is -2.86. The summed E-state index contributed by atoms with van der Waals surface area (Å²) in [5.74, 6) is -0.300. The van der Waals surface area contributed by atoms with Crippen LogP contribution in [-0.4, -0.2) is 53.8 Å². The lowest BCUT2D eigenvalue weighted by molar-refractivity contribution is -0.140. The molecule has 1 unspecified atom stereocenters. The van der Waals surface area contributed by atoms with Gasteiger partial charge in [-0.3, -0.25) is 9.59 Å². The van der Waals surface area contributed by atoms with Gasteiger partial charge in [0.05, 0.1) is 5.57 Å². The first-order chi connectivity index (χ1) is 12.9. The Labute approximate surface area is 158 Å². The highest BCUT2D eigenvalue weighted by Gasteiger charge is 2.47. The van der Waals surface area contributed by atoms with Gasteiger partial charge in [-0.05, 0) is 46.1 Å². The molecule has 1 aliphatic heterocycles. The molecule has 6 nitrogen and oxygen atoms in total. The van der Waals surface area contributed by atoms with Crippen molar-refractivity contribution in [1.29, 1.82) is 0 Å². The van der Waals surface area contributed by atoms with E-state index in [1.54, 1.807) is 43.3 Å². The van der Waals surface area contributed by atoms with E-state index >= 15 is 0 Å². The molecule has 2 aromatic rings. The van der Waals surface area contributed by atoms with E-state index in [9.17, 15) is 14.7 Å². The number of aryl methyl sites for hydroxylation is 1. The Morgan fingerprint density at radius 1 is 1.15 bits per heavy atom. The van der Waals surface area contributed by atoms with Crippen LogP contribution in [0.2, 0.25) is 0 Å². The Balaban J connectivity index is 2.05. The molecular weight excluding hydrogens is 344 g/mol. The second kappa shape index (κ2) is 7.80. The van der Waals surface area contributed by atoms with Crippen molar-refractivity contribution in [2.75, 3.05) is 27.2 Å². The lowest BCUT2D eigenvalue weighted by atomic mass is 9.99. The van der Waals surface area contributed by atoms with E-state index in [1.807, 2.05) is 25.1 Å². The summed E-state index contributed by atoms with van der Waals surface area (Å²) in [4.78, 5) is 29.0. The first-order valence-corrected chi connectivity index (χ1v) is 8.95. The van der Waals surface area contributed by atoms with Crippen LogP contribution in [0.3, 0.4) is 0 Å². The number of furan rings is 1. The number of likely N-dealkylation sites (tertiary alicyclic amines) is 1. The molecule has 142 valence electrons. The summed E-state index contributed by atoms with van der Waals surface area (Å²) in [5, 5.41) is 10.8. The number of carbonyl (C=O) groups is 2. The number of hydrogen-bond acceptors (Lipinski definition) is 5. The van der Waals surface area contributed by atoms with E-state index in [1.165, 1.54) is 4.90 Å². The molecule has 0 radical (unpaired) electrons. The predicted molar refractivity (Wildman–Crippen MR) is 102 cm³/mol. The van der Waals surface area contributed by atoms with Gasteiger partial charge in [-0.2, -0.15) is 0 Å². The standard InChI is InChI=1S/C21H24N2O4/c1-14-10-11-16(27-14)18-17(19(24)15-8-5-4-6-9-15)20(25)21(26)23(18)13-7-12-22(2)3/h4-6,8-11,18,24H,7,12-13H2,1-3H3/b19-17-. The minimum Gasteiger partial charge on any atom is -0.507 e. The molecule has 0 bridgehead atoms. The van der Waals surface area contributed by atoms with Gasteiger partial charge >= 0.3 is 0 Å². The maximum atomic E-state index is 12.8. The molecule has 3 rings (SSSR count).